The molecule has 1 aliphatic heterocycles. The predicted octanol–water partition coefficient (Wildman–Crippen LogP) is 8.94. The molecule has 0 fully saturated rings. The second kappa shape index (κ2) is 13.0. The van der Waals surface area contributed by atoms with Gasteiger partial charge in [0.2, 0.25) is 0 Å². The summed E-state index contributed by atoms with van der Waals surface area (Å²) in [5, 5.41) is 3.67. The standard InChI is InChI=1S/C39H40Cl2N2O4/c1-38(2)19-29-36(31(44)21-38)35(26-18-25(40)14-15-33(26)47-23-34(46)42-28-13-9-8-12-27(28)41)37-30(20-39(3,4)22-32(37)45)43(29)17-16-24-10-6-5-7-11-24/h5-15,18,35H,16-17,19-23H2,1-4H3,(H,42,46). The Morgan fingerprint density at radius 3 is 2.04 bits per heavy atom. The fraction of sp³-hybridized carbons (Fsp3) is 0.359. The first kappa shape index (κ1) is 33.0. The molecule has 3 aromatic carbocycles. The number of para-hydroxylation sites is 1. The number of benzene rings is 3. The van der Waals surface area contributed by atoms with E-state index >= 15 is 0 Å². The highest BCUT2D eigenvalue weighted by Crippen LogP contribution is 2.55. The molecular weight excluding hydrogens is 631 g/mol. The van der Waals surface area contributed by atoms with Gasteiger partial charge >= 0.3 is 0 Å². The van der Waals surface area contributed by atoms with Crippen LogP contribution in [0.5, 0.6) is 5.75 Å². The van der Waals surface area contributed by atoms with E-state index in [-0.39, 0.29) is 34.9 Å². The molecule has 0 radical (unpaired) electrons. The van der Waals surface area contributed by atoms with E-state index < -0.39 is 5.92 Å². The van der Waals surface area contributed by atoms with E-state index in [2.05, 4.69) is 50.0 Å². The maximum Gasteiger partial charge on any atom is 0.262 e. The summed E-state index contributed by atoms with van der Waals surface area (Å²) < 4.78 is 6.17. The van der Waals surface area contributed by atoms with Crippen molar-refractivity contribution in [1.82, 2.24) is 4.90 Å². The van der Waals surface area contributed by atoms with E-state index in [9.17, 15) is 14.4 Å². The number of ketones is 2. The SMILES string of the molecule is CC1(C)CC(=O)C2=C(C1)N(CCc1ccccc1)C1=C(C(=O)CC(C)(C)C1)C2c1cc(Cl)ccc1OCC(=O)Nc1ccccc1Cl. The number of ether oxygens (including phenoxy) is 1. The topological polar surface area (TPSA) is 75.7 Å². The Balaban J connectivity index is 1.44. The van der Waals surface area contributed by atoms with Crippen molar-refractivity contribution in [3.05, 3.63) is 117 Å². The van der Waals surface area contributed by atoms with E-state index in [1.54, 1.807) is 42.5 Å². The van der Waals surface area contributed by atoms with Crippen molar-refractivity contribution in [3.8, 4) is 5.75 Å². The van der Waals surface area contributed by atoms with Crippen LogP contribution in [0.25, 0.3) is 0 Å². The number of halogens is 2. The van der Waals surface area contributed by atoms with Gasteiger partial charge in [-0.3, -0.25) is 14.4 Å². The molecule has 0 spiro atoms. The van der Waals surface area contributed by atoms with Crippen LogP contribution in [0, 0.1) is 10.8 Å². The number of allylic oxidation sites excluding steroid dienone is 4. The number of amides is 1. The van der Waals surface area contributed by atoms with Crippen molar-refractivity contribution in [3.63, 3.8) is 0 Å². The number of nitrogens with one attached hydrogen (secondary N) is 1. The molecule has 3 aliphatic rings. The van der Waals surface area contributed by atoms with Gasteiger partial charge in [0.25, 0.3) is 5.91 Å². The molecule has 47 heavy (non-hydrogen) atoms. The average Bonchev–Trinajstić information content (AvgIpc) is 2.99. The minimum absolute atomic E-state index is 0.0255. The van der Waals surface area contributed by atoms with Crippen LogP contribution < -0.4 is 10.1 Å². The summed E-state index contributed by atoms with van der Waals surface area (Å²) in [6.07, 6.45) is 2.90. The van der Waals surface area contributed by atoms with Crippen molar-refractivity contribution in [2.45, 2.75) is 65.7 Å². The lowest BCUT2D eigenvalue weighted by Gasteiger charge is -2.49. The summed E-state index contributed by atoms with van der Waals surface area (Å²) in [5.41, 5.74) is 5.02. The molecule has 244 valence electrons. The predicted molar refractivity (Wildman–Crippen MR) is 187 cm³/mol. The second-order valence-electron chi connectivity index (χ2n) is 14.4. The Morgan fingerprint density at radius 2 is 1.43 bits per heavy atom. The van der Waals surface area contributed by atoms with Gasteiger partial charge in [-0.1, -0.05) is 93.4 Å². The van der Waals surface area contributed by atoms with Crippen LogP contribution in [0.15, 0.2) is 95.3 Å². The molecule has 2 aliphatic carbocycles. The molecule has 6 nitrogen and oxygen atoms in total. The molecule has 8 heteroatoms. The first-order chi connectivity index (χ1) is 22.3. The molecular formula is C39H40Cl2N2O4. The summed E-state index contributed by atoms with van der Waals surface area (Å²) in [7, 11) is 0. The first-order valence-electron chi connectivity index (χ1n) is 16.1. The van der Waals surface area contributed by atoms with Crippen LogP contribution >= 0.6 is 23.2 Å². The number of anilines is 1. The van der Waals surface area contributed by atoms with Gasteiger partial charge in [-0.2, -0.15) is 0 Å². The van der Waals surface area contributed by atoms with Gasteiger partial charge in [0.15, 0.2) is 18.2 Å². The third-order valence-electron chi connectivity index (χ3n) is 9.28. The fourth-order valence-corrected chi connectivity index (χ4v) is 7.65. The maximum atomic E-state index is 14.3. The number of hydrogen-bond acceptors (Lipinski definition) is 5. The number of nitrogens with zero attached hydrogens (tertiary/aromatic N) is 1. The molecule has 1 heterocycles. The van der Waals surface area contributed by atoms with Crippen LogP contribution in [0.3, 0.4) is 0 Å². The second-order valence-corrected chi connectivity index (χ2v) is 15.3. The quantitative estimate of drug-likeness (QED) is 0.259. The Hall–Kier alpha value is -3.87. The van der Waals surface area contributed by atoms with Crippen molar-refractivity contribution >= 4 is 46.4 Å². The summed E-state index contributed by atoms with van der Waals surface area (Å²) in [5.74, 6) is -0.587. The number of carbonyl (C=O) groups excluding carboxylic acids is 3. The molecule has 0 bridgehead atoms. The highest BCUT2D eigenvalue weighted by molar-refractivity contribution is 6.33. The van der Waals surface area contributed by atoms with Crippen LogP contribution in [0.1, 0.15) is 70.4 Å². The summed E-state index contributed by atoms with van der Waals surface area (Å²) in [6.45, 7) is 8.88. The summed E-state index contributed by atoms with van der Waals surface area (Å²) in [4.78, 5) is 43.8. The van der Waals surface area contributed by atoms with E-state index in [1.165, 1.54) is 5.56 Å². The Morgan fingerprint density at radius 1 is 0.830 bits per heavy atom. The minimum Gasteiger partial charge on any atom is -0.483 e. The Kier molecular flexibility index (Phi) is 9.12. The van der Waals surface area contributed by atoms with Crippen molar-refractivity contribution < 1.29 is 19.1 Å². The lowest BCUT2D eigenvalue weighted by molar-refractivity contribution is -0.120. The number of carbonyl (C=O) groups is 3. The third-order valence-corrected chi connectivity index (χ3v) is 9.84. The van der Waals surface area contributed by atoms with Gasteiger partial charge in [0.05, 0.1) is 10.7 Å². The molecule has 1 amide bonds. The zero-order chi connectivity index (χ0) is 33.5. The van der Waals surface area contributed by atoms with Crippen molar-refractivity contribution in [1.29, 1.82) is 0 Å². The molecule has 0 saturated carbocycles. The van der Waals surface area contributed by atoms with Crippen LogP contribution in [-0.2, 0) is 20.8 Å². The lowest BCUT2D eigenvalue weighted by Crippen LogP contribution is -2.45. The maximum absolute atomic E-state index is 14.3. The van der Waals surface area contributed by atoms with Gasteiger partial charge in [0.1, 0.15) is 5.75 Å². The normalized spacial score (nSPS) is 19.0. The molecule has 0 unspecified atom stereocenters. The summed E-state index contributed by atoms with van der Waals surface area (Å²) >= 11 is 12.9. The van der Waals surface area contributed by atoms with E-state index in [0.29, 0.717) is 70.4 Å². The highest BCUT2D eigenvalue weighted by Gasteiger charge is 2.49. The van der Waals surface area contributed by atoms with Gasteiger partial charge in [-0.25, -0.2) is 0 Å². The zero-order valence-corrected chi connectivity index (χ0v) is 28.8. The Bertz CT molecular complexity index is 1750. The smallest absolute Gasteiger partial charge is 0.262 e. The van der Waals surface area contributed by atoms with Gasteiger partial charge in [-0.05, 0) is 66.0 Å². The van der Waals surface area contributed by atoms with Gasteiger partial charge in [-0.15, -0.1) is 0 Å². The number of Topliss-reactive ketones (excluding diaryl/α,β-unsaturated/α-hetero) is 2. The van der Waals surface area contributed by atoms with Crippen LogP contribution in [0.4, 0.5) is 5.69 Å². The van der Waals surface area contributed by atoms with E-state index in [0.717, 1.165) is 17.8 Å². The zero-order valence-electron chi connectivity index (χ0n) is 27.3. The van der Waals surface area contributed by atoms with Gasteiger partial charge < -0.3 is 15.0 Å². The lowest BCUT2D eigenvalue weighted by atomic mass is 9.63. The number of hydrogen-bond donors (Lipinski definition) is 1. The Labute approximate surface area is 286 Å². The monoisotopic (exact) mass is 670 g/mol. The molecule has 1 N–H and O–H groups in total. The van der Waals surface area contributed by atoms with Crippen molar-refractivity contribution in [2.75, 3.05) is 18.5 Å². The van der Waals surface area contributed by atoms with Crippen molar-refractivity contribution in [2.24, 2.45) is 10.8 Å². The first-order valence-corrected chi connectivity index (χ1v) is 16.9. The van der Waals surface area contributed by atoms with Gasteiger partial charge in [0, 0.05) is 58.4 Å². The molecule has 0 aromatic heterocycles. The average molecular weight is 672 g/mol. The highest BCUT2D eigenvalue weighted by atomic mass is 35.5. The van der Waals surface area contributed by atoms with E-state index in [4.69, 9.17) is 27.9 Å². The molecule has 0 saturated heterocycles. The molecule has 0 atom stereocenters. The third kappa shape index (κ3) is 7.05. The molecule has 3 aromatic rings. The largest absolute Gasteiger partial charge is 0.483 e. The summed E-state index contributed by atoms with van der Waals surface area (Å²) in [6, 6.07) is 22.5. The van der Waals surface area contributed by atoms with Crippen LogP contribution in [-0.4, -0.2) is 35.5 Å². The minimum atomic E-state index is -0.652. The molecule has 6 rings (SSSR count). The van der Waals surface area contributed by atoms with E-state index in [1.807, 2.05) is 18.2 Å². The fourth-order valence-electron chi connectivity index (χ4n) is 7.28. The van der Waals surface area contributed by atoms with Crippen LogP contribution in [0.2, 0.25) is 10.0 Å². The number of rotatable bonds is 8.